The average molecular weight is 1270 g/mol. The third-order valence-corrected chi connectivity index (χ3v) is 16.1. The summed E-state index contributed by atoms with van der Waals surface area (Å²) in [5, 5.41) is 41.6. The molecule has 27 nitrogen and oxygen atoms in total. The van der Waals surface area contributed by atoms with E-state index in [2.05, 4.69) is 62.5 Å². The van der Waals surface area contributed by atoms with Crippen LogP contribution in [-0.4, -0.2) is 162 Å². The van der Waals surface area contributed by atoms with E-state index in [0.717, 1.165) is 6.07 Å². The van der Waals surface area contributed by atoms with Crippen LogP contribution in [0, 0.1) is 11.6 Å². The number of ether oxygens (including phenoxy) is 1. The lowest BCUT2D eigenvalue weighted by molar-refractivity contribution is -0.149. The van der Waals surface area contributed by atoms with E-state index in [9.17, 15) is 66.9 Å². The zero-order chi connectivity index (χ0) is 66.0. The van der Waals surface area contributed by atoms with Crippen LogP contribution < -0.4 is 47.3 Å². The molecule has 0 aliphatic carbocycles. The van der Waals surface area contributed by atoms with Gasteiger partial charge in [0.25, 0.3) is 0 Å². The van der Waals surface area contributed by atoms with E-state index in [1.165, 1.54) is 105 Å². The number of nitrogens with one attached hydrogen (secondary N) is 11. The molecule has 1 saturated heterocycles. The van der Waals surface area contributed by atoms with Crippen LogP contribution in [0.3, 0.4) is 0 Å². The van der Waals surface area contributed by atoms with Crippen LogP contribution in [0.5, 0.6) is 5.75 Å². The molecule has 9 rings (SSSR count). The summed E-state index contributed by atoms with van der Waals surface area (Å²) in [4.78, 5) is 170. The maximum Gasteiger partial charge on any atom is 0.326 e. The number of carboxylic acids is 2. The number of aromatic nitrogens is 4. The van der Waals surface area contributed by atoms with Gasteiger partial charge in [0.05, 0.1) is 32.7 Å². The molecular weight excluding hydrogens is 1200 g/mol. The number of anilines is 1. The molecule has 29 heteroatoms. The summed E-state index contributed by atoms with van der Waals surface area (Å²) >= 11 is 0. The highest BCUT2D eigenvalue weighted by molar-refractivity contribution is 6.01. The molecule has 7 aromatic rings. The van der Waals surface area contributed by atoms with Crippen LogP contribution in [0.15, 0.2) is 110 Å². The van der Waals surface area contributed by atoms with Gasteiger partial charge >= 0.3 is 11.9 Å². The van der Waals surface area contributed by atoms with E-state index >= 15 is 4.79 Å². The second-order valence-corrected chi connectivity index (χ2v) is 22.8. The zero-order valence-electron chi connectivity index (χ0n) is 49.9. The second kappa shape index (κ2) is 28.7. The maximum absolute atomic E-state index is 15.1. The predicted octanol–water partition coefficient (Wildman–Crippen LogP) is 1.87. The molecule has 0 saturated carbocycles. The first-order valence-electron chi connectivity index (χ1n) is 29.3. The number of aromatic amines is 3. The Balaban J connectivity index is 1.10. The molecule has 13 N–H and O–H groups in total. The maximum atomic E-state index is 15.1. The van der Waals surface area contributed by atoms with Gasteiger partial charge in [-0.15, -0.1) is 0 Å². The Kier molecular flexibility index (Phi) is 20.4. The molecule has 3 aromatic heterocycles. The van der Waals surface area contributed by atoms with Crippen molar-refractivity contribution in [3.05, 3.63) is 149 Å². The lowest BCUT2D eigenvalue weighted by Crippen LogP contribution is -2.63. The quantitative estimate of drug-likeness (QED) is 0.0831. The van der Waals surface area contributed by atoms with Gasteiger partial charge in [-0.3, -0.25) is 47.9 Å². The lowest BCUT2D eigenvalue weighted by Gasteiger charge is -2.37. The number of hydrogen-bond acceptors (Lipinski definition) is 13. The van der Waals surface area contributed by atoms with Gasteiger partial charge in [-0.25, -0.2) is 18.6 Å². The van der Waals surface area contributed by atoms with Gasteiger partial charge in [0.15, 0.2) is 0 Å². The van der Waals surface area contributed by atoms with Gasteiger partial charge in [-0.1, -0.05) is 24.3 Å². The first-order valence-corrected chi connectivity index (χ1v) is 29.3. The number of halogens is 2. The summed E-state index contributed by atoms with van der Waals surface area (Å²) in [5.41, 5.74) is 0.813. The number of benzene rings is 4. The Hall–Kier alpha value is -11.0. The molecule has 0 spiro atoms. The van der Waals surface area contributed by atoms with Gasteiger partial charge in [0.1, 0.15) is 65.2 Å². The zero-order valence-corrected chi connectivity index (χ0v) is 49.9. The average Bonchev–Trinajstić information content (AvgIpc) is 1.59. The van der Waals surface area contributed by atoms with Crippen molar-refractivity contribution in [1.29, 1.82) is 0 Å². The lowest BCUT2D eigenvalue weighted by atomic mass is 9.95. The third kappa shape index (κ3) is 16.1. The summed E-state index contributed by atoms with van der Waals surface area (Å²) in [7, 11) is 1.44. The molecule has 0 unspecified atom stereocenters. The van der Waals surface area contributed by atoms with Crippen LogP contribution in [-0.2, 0) is 84.8 Å². The van der Waals surface area contributed by atoms with Gasteiger partial charge in [0.2, 0.25) is 53.2 Å². The smallest absolute Gasteiger partial charge is 0.326 e. The molecule has 2 aliphatic heterocycles. The van der Waals surface area contributed by atoms with Crippen molar-refractivity contribution >= 4 is 92.6 Å². The van der Waals surface area contributed by atoms with Crippen LogP contribution in [0.25, 0.3) is 21.8 Å². The largest absolute Gasteiger partial charge is 0.497 e. The monoisotopic (exact) mass is 1270 g/mol. The second-order valence-electron chi connectivity index (χ2n) is 22.8. The molecule has 482 valence electrons. The highest BCUT2D eigenvalue weighted by Crippen LogP contribution is 2.32. The third-order valence-electron chi connectivity index (χ3n) is 16.1. The number of rotatable bonds is 12. The number of imidazole rings is 1. The first kappa shape index (κ1) is 65.4. The molecule has 2 bridgehead atoms. The molecule has 5 heterocycles. The molecule has 1 fully saturated rings. The summed E-state index contributed by atoms with van der Waals surface area (Å²) in [6.07, 6.45) is 1.96. The standard InChI is InChI=1S/C63H67F2N13O14/c1-32-55(83)72-46(21-35-28-67-44-14-10-37(64)23-42(35)44)56(84)73-47(22-36-29-68-45-15-11-38(65)24-43(36)45)57(85)75-49(27-54(81)82)59(87)74-48(25-40-30-66-31-69-40)58(86)76-50(19-33-8-12-41(92-3)13-9-33)60(88)78-17-5-16-63(78,2)62(91)77-51(61(89)90)26-53(80)71-39-7-4-6-34(18-39)20-52(79)70-32/h4,6-15,18,23-24,28-32,46-51,67-68H,5,16-17,19-22,25-27H2,1-3H3,(H,66,69)(H,70,79)(H,71,80)(H,72,83)(H,73,84)(H,74,87)(H,75,85)(H,76,86)(H,77,91)(H,81,82)(H,89,90)/t32-,46+,47+,48+,49-,50+,51+,63+/m1/s1. The van der Waals surface area contributed by atoms with Gasteiger partial charge < -0.3 is 77.3 Å². The number of carbonyl (C=O) groups excluding carboxylic acids is 9. The normalized spacial score (nSPS) is 22.9. The number of nitrogens with zero attached hydrogens (tertiary/aromatic N) is 2. The van der Waals surface area contributed by atoms with Crippen molar-refractivity contribution in [3.63, 3.8) is 0 Å². The minimum atomic E-state index is -2.04. The van der Waals surface area contributed by atoms with Gasteiger partial charge in [-0.05, 0) is 110 Å². The molecule has 0 radical (unpaired) electrons. The Bertz CT molecular complexity index is 3970. The number of hydrogen-bond donors (Lipinski definition) is 13. The minimum Gasteiger partial charge on any atom is -0.497 e. The molecule has 92 heavy (non-hydrogen) atoms. The molecule has 4 aromatic carbocycles. The van der Waals surface area contributed by atoms with Crippen LogP contribution >= 0.6 is 0 Å². The van der Waals surface area contributed by atoms with Crippen molar-refractivity contribution < 1.29 is 76.5 Å². The summed E-state index contributed by atoms with van der Waals surface area (Å²) in [5.74, 6) is -12.9. The highest BCUT2D eigenvalue weighted by atomic mass is 19.1. The Morgan fingerprint density at radius 3 is 1.80 bits per heavy atom. The molecular formula is C63H67F2N13O14. The van der Waals surface area contributed by atoms with Crippen LogP contribution in [0.1, 0.15) is 67.5 Å². The Labute approximate surface area is 523 Å². The fraction of sp³-hybridized carbons (Fsp3) is 0.333. The summed E-state index contributed by atoms with van der Waals surface area (Å²) in [6.45, 7) is 2.65. The topological polar surface area (TPSA) is 397 Å². The number of amides is 9. The number of methoxy groups -OCH3 is 1. The number of aliphatic carboxylic acids is 2. The van der Waals surface area contributed by atoms with E-state index < -0.39 is 144 Å². The highest BCUT2D eigenvalue weighted by Gasteiger charge is 2.49. The van der Waals surface area contributed by atoms with Crippen LogP contribution in [0.2, 0.25) is 0 Å². The van der Waals surface area contributed by atoms with Crippen molar-refractivity contribution in [3.8, 4) is 5.75 Å². The SMILES string of the molecule is COc1ccc(C[C@@H]2NC(=O)[C@H](Cc3cnc[nH]3)NC(=O)[C@@H](CC(=O)O)NC(=O)[C@H](Cc3c[nH]c4ccc(F)cc34)NC(=O)[C@H](Cc3c[nH]c4ccc(F)cc34)NC(=O)[C@@H](C)NC(=O)Cc3cccc(c3)NC(=O)C[C@@H](C(=O)O)NC(=O)[C@]3(C)CCCN3C2=O)cc1. The summed E-state index contributed by atoms with van der Waals surface area (Å²) in [6, 6.07) is 8.04. The Morgan fingerprint density at radius 1 is 0.652 bits per heavy atom. The minimum absolute atomic E-state index is 0.00406. The number of carboxylic acid groups (broad SMARTS) is 2. The van der Waals surface area contributed by atoms with E-state index in [-0.39, 0.29) is 67.4 Å². The van der Waals surface area contributed by atoms with E-state index in [0.29, 0.717) is 38.9 Å². The number of carbonyl (C=O) groups is 11. The molecule has 8 atom stereocenters. The fourth-order valence-electron chi connectivity index (χ4n) is 11.2. The van der Waals surface area contributed by atoms with Crippen LogP contribution in [0.4, 0.5) is 14.5 Å². The number of H-pyrrole nitrogens is 3. The van der Waals surface area contributed by atoms with E-state index in [1.54, 1.807) is 24.3 Å². The first-order chi connectivity index (χ1) is 43.9. The van der Waals surface area contributed by atoms with Crippen molar-refractivity contribution in [2.75, 3.05) is 19.0 Å². The van der Waals surface area contributed by atoms with Crippen molar-refractivity contribution in [2.24, 2.45) is 0 Å². The van der Waals surface area contributed by atoms with E-state index in [1.807, 2.05) is 0 Å². The van der Waals surface area contributed by atoms with Gasteiger partial charge in [0, 0.05) is 84.0 Å². The summed E-state index contributed by atoms with van der Waals surface area (Å²) < 4.78 is 35.0. The van der Waals surface area contributed by atoms with Crippen molar-refractivity contribution in [2.45, 2.75) is 119 Å². The predicted molar refractivity (Wildman–Crippen MR) is 325 cm³/mol. The molecule has 2 aliphatic rings. The molecule has 9 amide bonds. The van der Waals surface area contributed by atoms with E-state index in [4.69, 9.17) is 4.74 Å². The van der Waals surface area contributed by atoms with Gasteiger partial charge in [-0.2, -0.15) is 0 Å². The number of fused-ring (bicyclic) bond motifs is 5. The Morgan fingerprint density at radius 2 is 1.23 bits per heavy atom. The van der Waals surface area contributed by atoms with Crippen molar-refractivity contribution in [1.82, 2.24) is 62.1 Å². The fourth-order valence-corrected chi connectivity index (χ4v) is 11.2.